The van der Waals surface area contributed by atoms with Crippen molar-refractivity contribution in [3.63, 3.8) is 0 Å². The second kappa shape index (κ2) is 12.1. The Balaban J connectivity index is 1.27. The van der Waals surface area contributed by atoms with Crippen molar-refractivity contribution in [2.24, 2.45) is 0 Å². The van der Waals surface area contributed by atoms with E-state index in [0.717, 1.165) is 29.8 Å². The van der Waals surface area contributed by atoms with Gasteiger partial charge in [0.2, 0.25) is 0 Å². The Morgan fingerprint density at radius 2 is 1.71 bits per heavy atom. The Morgan fingerprint density at radius 3 is 2.48 bits per heavy atom. The van der Waals surface area contributed by atoms with E-state index < -0.39 is 6.10 Å². The number of nitrogens with one attached hydrogen (secondary N) is 3. The van der Waals surface area contributed by atoms with E-state index in [-0.39, 0.29) is 18.4 Å². The highest BCUT2D eigenvalue weighted by molar-refractivity contribution is 7.16. The molecule has 0 saturated heterocycles. The topological polar surface area (TPSA) is 73.4 Å². The van der Waals surface area contributed by atoms with Gasteiger partial charge in [0.1, 0.15) is 5.82 Å². The summed E-state index contributed by atoms with van der Waals surface area (Å²) in [5, 5.41) is 19.8. The minimum Gasteiger partial charge on any atom is -0.389 e. The molecule has 1 heterocycles. The Kier molecular flexibility index (Phi) is 8.87. The SMILES string of the molecule is O=C(NCCCc1ccc(F)cc1)NCC(O)CNc1ccc(Cc2ccccc2)s1. The second-order valence-electron chi connectivity index (χ2n) is 7.33. The summed E-state index contributed by atoms with van der Waals surface area (Å²) in [4.78, 5) is 13.1. The summed E-state index contributed by atoms with van der Waals surface area (Å²) in [6.07, 6.45) is 1.72. The summed E-state index contributed by atoms with van der Waals surface area (Å²) in [5.74, 6) is -0.249. The number of hydrogen-bond donors (Lipinski definition) is 4. The van der Waals surface area contributed by atoms with E-state index in [9.17, 15) is 14.3 Å². The molecule has 7 heteroatoms. The summed E-state index contributed by atoms with van der Waals surface area (Å²) < 4.78 is 12.9. The standard InChI is InChI=1S/C24H28FN3O2S/c25-20-10-8-18(9-11-20)7-4-14-26-24(30)28-17-21(29)16-27-23-13-12-22(31-23)15-19-5-2-1-3-6-19/h1-3,5-6,8-13,21,27,29H,4,7,14-17H2,(H2,26,28,30). The minimum atomic E-state index is -0.690. The lowest BCUT2D eigenvalue weighted by molar-refractivity contribution is 0.181. The number of rotatable bonds is 11. The first-order chi connectivity index (χ1) is 15.1. The Bertz CT molecular complexity index is 932. The third kappa shape index (κ3) is 8.39. The third-order valence-electron chi connectivity index (χ3n) is 4.73. The van der Waals surface area contributed by atoms with Crippen molar-refractivity contribution in [3.8, 4) is 0 Å². The molecular formula is C24H28FN3O2S. The molecule has 5 nitrogen and oxygen atoms in total. The molecule has 0 aliphatic heterocycles. The lowest BCUT2D eigenvalue weighted by Crippen LogP contribution is -2.41. The van der Waals surface area contributed by atoms with Crippen LogP contribution in [0.1, 0.15) is 22.4 Å². The summed E-state index contributed by atoms with van der Waals surface area (Å²) in [6.45, 7) is 1.03. The number of carbonyl (C=O) groups is 1. The zero-order valence-corrected chi connectivity index (χ0v) is 18.1. The van der Waals surface area contributed by atoms with Crippen molar-refractivity contribution >= 4 is 22.4 Å². The van der Waals surface area contributed by atoms with Gasteiger partial charge < -0.3 is 21.1 Å². The van der Waals surface area contributed by atoms with Crippen molar-refractivity contribution in [1.29, 1.82) is 0 Å². The molecule has 2 aromatic carbocycles. The second-order valence-corrected chi connectivity index (χ2v) is 8.50. The average molecular weight is 442 g/mol. The number of aryl methyl sites for hydroxylation is 1. The van der Waals surface area contributed by atoms with Gasteiger partial charge in [0.25, 0.3) is 0 Å². The van der Waals surface area contributed by atoms with E-state index in [1.807, 2.05) is 24.3 Å². The number of benzene rings is 2. The van der Waals surface area contributed by atoms with Crippen LogP contribution >= 0.6 is 11.3 Å². The predicted octanol–water partition coefficient (Wildman–Crippen LogP) is 4.18. The molecular weight excluding hydrogens is 413 g/mol. The monoisotopic (exact) mass is 441 g/mol. The molecule has 4 N–H and O–H groups in total. The molecule has 0 saturated carbocycles. The smallest absolute Gasteiger partial charge is 0.314 e. The Labute approximate surface area is 186 Å². The largest absolute Gasteiger partial charge is 0.389 e. The summed E-state index contributed by atoms with van der Waals surface area (Å²) >= 11 is 1.66. The molecule has 1 aromatic heterocycles. The van der Waals surface area contributed by atoms with E-state index >= 15 is 0 Å². The van der Waals surface area contributed by atoms with Gasteiger partial charge in [0, 0.05) is 30.9 Å². The van der Waals surface area contributed by atoms with Crippen LogP contribution in [0.2, 0.25) is 0 Å². The first-order valence-electron chi connectivity index (χ1n) is 10.4. The fraction of sp³-hybridized carbons (Fsp3) is 0.292. The highest BCUT2D eigenvalue weighted by Gasteiger charge is 2.08. The number of thiophene rings is 1. The number of urea groups is 1. The van der Waals surface area contributed by atoms with Gasteiger partial charge in [0.05, 0.1) is 11.1 Å². The van der Waals surface area contributed by atoms with Crippen LogP contribution in [0.5, 0.6) is 0 Å². The first kappa shape index (κ1) is 22.8. The molecule has 3 rings (SSSR count). The normalized spacial score (nSPS) is 11.7. The quantitative estimate of drug-likeness (QED) is 0.337. The maximum Gasteiger partial charge on any atom is 0.314 e. The zero-order valence-electron chi connectivity index (χ0n) is 17.3. The Morgan fingerprint density at radius 1 is 0.935 bits per heavy atom. The maximum absolute atomic E-state index is 12.9. The molecule has 31 heavy (non-hydrogen) atoms. The van der Waals surface area contributed by atoms with Gasteiger partial charge in [-0.15, -0.1) is 11.3 Å². The molecule has 0 bridgehead atoms. The number of hydrogen-bond acceptors (Lipinski definition) is 4. The fourth-order valence-electron chi connectivity index (χ4n) is 3.07. The summed E-state index contributed by atoms with van der Waals surface area (Å²) in [6, 6.07) is 20.5. The van der Waals surface area contributed by atoms with E-state index in [2.05, 4.69) is 34.1 Å². The van der Waals surface area contributed by atoms with Crippen LogP contribution in [0.25, 0.3) is 0 Å². The van der Waals surface area contributed by atoms with Crippen molar-refractivity contribution in [2.75, 3.05) is 25.0 Å². The number of carbonyl (C=O) groups excluding carboxylic acids is 1. The number of anilines is 1. The van der Waals surface area contributed by atoms with Gasteiger partial charge in [-0.3, -0.25) is 0 Å². The molecule has 0 fully saturated rings. The van der Waals surface area contributed by atoms with Gasteiger partial charge in [-0.1, -0.05) is 42.5 Å². The maximum atomic E-state index is 12.9. The summed E-state index contributed by atoms with van der Waals surface area (Å²) in [7, 11) is 0. The van der Waals surface area contributed by atoms with Crippen LogP contribution in [0, 0.1) is 5.82 Å². The summed E-state index contributed by atoms with van der Waals surface area (Å²) in [5.41, 5.74) is 2.30. The van der Waals surface area contributed by atoms with Crippen LogP contribution in [0.4, 0.5) is 14.2 Å². The van der Waals surface area contributed by atoms with E-state index in [1.54, 1.807) is 23.5 Å². The van der Waals surface area contributed by atoms with Crippen molar-refractivity contribution in [1.82, 2.24) is 10.6 Å². The lowest BCUT2D eigenvalue weighted by Gasteiger charge is -2.13. The van der Waals surface area contributed by atoms with Crippen LogP contribution in [0.3, 0.4) is 0 Å². The van der Waals surface area contributed by atoms with Crippen LogP contribution < -0.4 is 16.0 Å². The zero-order chi connectivity index (χ0) is 21.9. The number of aliphatic hydroxyl groups excluding tert-OH is 1. The lowest BCUT2D eigenvalue weighted by atomic mass is 10.1. The fourth-order valence-corrected chi connectivity index (χ4v) is 4.02. The first-order valence-corrected chi connectivity index (χ1v) is 11.2. The number of aliphatic hydroxyl groups is 1. The highest BCUT2D eigenvalue weighted by atomic mass is 32.1. The molecule has 0 aliphatic rings. The molecule has 0 aliphatic carbocycles. The molecule has 1 atom stereocenters. The molecule has 0 spiro atoms. The predicted molar refractivity (Wildman–Crippen MR) is 124 cm³/mol. The number of halogens is 1. The molecule has 0 radical (unpaired) electrons. The van der Waals surface area contributed by atoms with Gasteiger partial charge in [-0.2, -0.15) is 0 Å². The van der Waals surface area contributed by atoms with Crippen molar-refractivity contribution < 1.29 is 14.3 Å². The van der Waals surface area contributed by atoms with Crippen LogP contribution in [-0.4, -0.2) is 36.9 Å². The van der Waals surface area contributed by atoms with E-state index in [0.29, 0.717) is 13.1 Å². The molecule has 3 aromatic rings. The molecule has 164 valence electrons. The van der Waals surface area contributed by atoms with Crippen LogP contribution in [-0.2, 0) is 12.8 Å². The van der Waals surface area contributed by atoms with Gasteiger partial charge in [0.15, 0.2) is 0 Å². The molecule has 2 amide bonds. The van der Waals surface area contributed by atoms with E-state index in [4.69, 9.17) is 0 Å². The van der Waals surface area contributed by atoms with E-state index in [1.165, 1.54) is 22.6 Å². The Hall–Kier alpha value is -2.90. The third-order valence-corrected chi connectivity index (χ3v) is 5.78. The van der Waals surface area contributed by atoms with Crippen molar-refractivity contribution in [3.05, 3.63) is 88.6 Å². The van der Waals surface area contributed by atoms with Crippen molar-refractivity contribution in [2.45, 2.75) is 25.4 Å². The van der Waals surface area contributed by atoms with Gasteiger partial charge >= 0.3 is 6.03 Å². The molecule has 1 unspecified atom stereocenters. The number of amides is 2. The highest BCUT2D eigenvalue weighted by Crippen LogP contribution is 2.24. The average Bonchev–Trinajstić information content (AvgIpc) is 3.23. The van der Waals surface area contributed by atoms with Gasteiger partial charge in [-0.25, -0.2) is 9.18 Å². The van der Waals surface area contributed by atoms with Gasteiger partial charge in [-0.05, 0) is 48.2 Å². The van der Waals surface area contributed by atoms with Crippen LogP contribution in [0.15, 0.2) is 66.7 Å². The minimum absolute atomic E-state index is 0.166.